The highest BCUT2D eigenvalue weighted by molar-refractivity contribution is 5.95. The molecule has 0 radical (unpaired) electrons. The van der Waals surface area contributed by atoms with Gasteiger partial charge in [0.15, 0.2) is 0 Å². The van der Waals surface area contributed by atoms with Crippen molar-refractivity contribution in [2.75, 3.05) is 0 Å². The second kappa shape index (κ2) is 5.65. The maximum Gasteiger partial charge on any atom is 0.149 e. The summed E-state index contributed by atoms with van der Waals surface area (Å²) >= 11 is 0. The number of fused-ring (bicyclic) bond motifs is 1. The largest absolute Gasteiger partial charge is 0.505 e. The van der Waals surface area contributed by atoms with Gasteiger partial charge < -0.3 is 9.67 Å². The van der Waals surface area contributed by atoms with Gasteiger partial charge in [0.25, 0.3) is 0 Å². The number of rotatable bonds is 3. The molecule has 1 aromatic heterocycles. The third-order valence-electron chi connectivity index (χ3n) is 4.17. The second-order valence-electron chi connectivity index (χ2n) is 5.65. The van der Waals surface area contributed by atoms with Gasteiger partial charge in [-0.05, 0) is 17.7 Å². The fourth-order valence-corrected chi connectivity index (χ4v) is 3.10. The van der Waals surface area contributed by atoms with Gasteiger partial charge in [-0.3, -0.25) is 0 Å². The Bertz CT molecular complexity index is 940. The van der Waals surface area contributed by atoms with Gasteiger partial charge in [-0.25, -0.2) is 0 Å². The molecule has 1 N–H and O–H groups in total. The lowest BCUT2D eigenvalue weighted by Crippen LogP contribution is -2.01. The molecular formula is C21H17NO. The number of hydrogen-bond donors (Lipinski definition) is 1. The van der Waals surface area contributed by atoms with Crippen LogP contribution in [0.15, 0.2) is 84.9 Å². The lowest BCUT2D eigenvalue weighted by molar-refractivity contribution is 0.481. The number of aromatic nitrogens is 1. The van der Waals surface area contributed by atoms with Gasteiger partial charge >= 0.3 is 0 Å². The van der Waals surface area contributed by atoms with Gasteiger partial charge in [0.2, 0.25) is 0 Å². The zero-order valence-corrected chi connectivity index (χ0v) is 12.7. The summed E-state index contributed by atoms with van der Waals surface area (Å²) in [6.45, 7) is 0.728. The van der Waals surface area contributed by atoms with E-state index < -0.39 is 0 Å². The Labute approximate surface area is 135 Å². The molecule has 0 amide bonds. The van der Waals surface area contributed by atoms with Crippen molar-refractivity contribution in [2.24, 2.45) is 0 Å². The molecule has 0 aliphatic carbocycles. The van der Waals surface area contributed by atoms with Gasteiger partial charge in [-0.15, -0.1) is 0 Å². The van der Waals surface area contributed by atoms with Crippen LogP contribution < -0.4 is 0 Å². The Balaban J connectivity index is 1.97. The van der Waals surface area contributed by atoms with E-state index in [9.17, 15) is 5.11 Å². The van der Waals surface area contributed by atoms with E-state index in [1.807, 2.05) is 66.7 Å². The summed E-state index contributed by atoms with van der Waals surface area (Å²) < 4.78 is 2.19. The van der Waals surface area contributed by atoms with Crippen LogP contribution in [0.2, 0.25) is 0 Å². The van der Waals surface area contributed by atoms with E-state index in [-0.39, 0.29) is 0 Å². The summed E-state index contributed by atoms with van der Waals surface area (Å²) in [6, 6.07) is 28.4. The SMILES string of the molecule is Oc1c(-c2ccccc2)n(Cc2ccccc2)c2ccccc12. The first-order chi connectivity index (χ1) is 11.3. The summed E-state index contributed by atoms with van der Waals surface area (Å²) in [7, 11) is 0. The van der Waals surface area contributed by atoms with Crippen LogP contribution in [0.1, 0.15) is 5.56 Å². The molecule has 0 saturated heterocycles. The van der Waals surface area contributed by atoms with E-state index in [2.05, 4.69) is 22.8 Å². The minimum Gasteiger partial charge on any atom is -0.505 e. The van der Waals surface area contributed by atoms with Crippen LogP contribution in [0.5, 0.6) is 5.75 Å². The van der Waals surface area contributed by atoms with Gasteiger partial charge in [0, 0.05) is 17.5 Å². The highest BCUT2D eigenvalue weighted by Gasteiger charge is 2.17. The summed E-state index contributed by atoms with van der Waals surface area (Å²) in [5, 5.41) is 11.7. The van der Waals surface area contributed by atoms with Crippen molar-refractivity contribution in [2.45, 2.75) is 6.54 Å². The monoisotopic (exact) mass is 299 g/mol. The van der Waals surface area contributed by atoms with Crippen molar-refractivity contribution in [3.63, 3.8) is 0 Å². The van der Waals surface area contributed by atoms with Gasteiger partial charge in [-0.2, -0.15) is 0 Å². The Hall–Kier alpha value is -3.00. The predicted molar refractivity (Wildman–Crippen MR) is 94.6 cm³/mol. The van der Waals surface area contributed by atoms with Crippen molar-refractivity contribution in [1.29, 1.82) is 0 Å². The molecular weight excluding hydrogens is 282 g/mol. The first-order valence-electron chi connectivity index (χ1n) is 7.74. The lowest BCUT2D eigenvalue weighted by atomic mass is 10.1. The molecule has 23 heavy (non-hydrogen) atoms. The Morgan fingerprint density at radius 3 is 2.04 bits per heavy atom. The summed E-state index contributed by atoms with van der Waals surface area (Å²) in [5.74, 6) is 0.350. The molecule has 0 aliphatic rings. The zero-order valence-electron chi connectivity index (χ0n) is 12.7. The Kier molecular flexibility index (Phi) is 3.35. The van der Waals surface area contributed by atoms with E-state index in [0.717, 1.165) is 28.7 Å². The molecule has 3 aromatic carbocycles. The molecule has 0 bridgehead atoms. The smallest absolute Gasteiger partial charge is 0.149 e. The van der Waals surface area contributed by atoms with Gasteiger partial charge in [0.1, 0.15) is 5.75 Å². The fraction of sp³-hybridized carbons (Fsp3) is 0.0476. The van der Waals surface area contributed by atoms with Crippen LogP contribution in [0.4, 0.5) is 0 Å². The number of para-hydroxylation sites is 1. The lowest BCUT2D eigenvalue weighted by Gasteiger charge is -2.11. The van der Waals surface area contributed by atoms with Crippen LogP contribution in [0.3, 0.4) is 0 Å². The molecule has 0 spiro atoms. The average Bonchev–Trinajstić information content (AvgIpc) is 2.89. The molecule has 4 rings (SSSR count). The normalized spacial score (nSPS) is 11.0. The van der Waals surface area contributed by atoms with Crippen molar-refractivity contribution in [3.8, 4) is 17.0 Å². The first kappa shape index (κ1) is 13.6. The van der Waals surface area contributed by atoms with Crippen molar-refractivity contribution < 1.29 is 5.11 Å². The van der Waals surface area contributed by atoms with E-state index in [1.54, 1.807) is 0 Å². The van der Waals surface area contributed by atoms with E-state index in [1.165, 1.54) is 5.56 Å². The molecule has 2 nitrogen and oxygen atoms in total. The minimum atomic E-state index is 0.350. The highest BCUT2D eigenvalue weighted by atomic mass is 16.3. The maximum atomic E-state index is 10.8. The van der Waals surface area contributed by atoms with Crippen LogP contribution in [-0.4, -0.2) is 9.67 Å². The Morgan fingerprint density at radius 1 is 0.696 bits per heavy atom. The second-order valence-corrected chi connectivity index (χ2v) is 5.65. The third kappa shape index (κ3) is 2.38. The highest BCUT2D eigenvalue weighted by Crippen LogP contribution is 2.39. The summed E-state index contributed by atoms with van der Waals surface area (Å²) in [6.07, 6.45) is 0. The van der Waals surface area contributed by atoms with Crippen LogP contribution in [-0.2, 0) is 6.54 Å². The molecule has 0 unspecified atom stereocenters. The van der Waals surface area contributed by atoms with E-state index in [4.69, 9.17) is 0 Å². The molecule has 1 heterocycles. The number of benzene rings is 3. The number of aromatic hydroxyl groups is 1. The zero-order chi connectivity index (χ0) is 15.6. The molecule has 0 aliphatic heterocycles. The molecule has 4 aromatic rings. The van der Waals surface area contributed by atoms with E-state index >= 15 is 0 Å². The van der Waals surface area contributed by atoms with Crippen molar-refractivity contribution in [3.05, 3.63) is 90.5 Å². The van der Waals surface area contributed by atoms with Crippen LogP contribution in [0.25, 0.3) is 22.2 Å². The summed E-state index contributed by atoms with van der Waals surface area (Å²) in [4.78, 5) is 0. The number of nitrogens with zero attached hydrogens (tertiary/aromatic N) is 1. The molecule has 0 saturated carbocycles. The topological polar surface area (TPSA) is 25.2 Å². The average molecular weight is 299 g/mol. The maximum absolute atomic E-state index is 10.8. The molecule has 0 fully saturated rings. The van der Waals surface area contributed by atoms with Gasteiger partial charge in [0.05, 0.1) is 11.2 Å². The third-order valence-corrected chi connectivity index (χ3v) is 4.17. The first-order valence-corrected chi connectivity index (χ1v) is 7.74. The summed E-state index contributed by atoms with van der Waals surface area (Å²) in [5.41, 5.74) is 4.16. The Morgan fingerprint density at radius 2 is 1.30 bits per heavy atom. The molecule has 2 heteroatoms. The number of hydrogen-bond acceptors (Lipinski definition) is 1. The fourth-order valence-electron chi connectivity index (χ4n) is 3.10. The van der Waals surface area contributed by atoms with Gasteiger partial charge in [-0.1, -0.05) is 72.8 Å². The minimum absolute atomic E-state index is 0.350. The van der Waals surface area contributed by atoms with Crippen molar-refractivity contribution >= 4 is 10.9 Å². The van der Waals surface area contributed by atoms with Crippen LogP contribution >= 0.6 is 0 Å². The van der Waals surface area contributed by atoms with Crippen LogP contribution in [0, 0.1) is 0 Å². The predicted octanol–water partition coefficient (Wildman–Crippen LogP) is 5.06. The quantitative estimate of drug-likeness (QED) is 0.562. The van der Waals surface area contributed by atoms with E-state index in [0.29, 0.717) is 5.75 Å². The molecule has 112 valence electrons. The molecule has 0 atom stereocenters. The standard InChI is InChI=1S/C21H17NO/c23-21-18-13-7-8-14-19(18)22(15-16-9-3-1-4-10-16)20(21)17-11-5-2-6-12-17/h1-14,23H,15H2. The van der Waals surface area contributed by atoms with Crippen molar-refractivity contribution in [1.82, 2.24) is 4.57 Å².